The van der Waals surface area contributed by atoms with Gasteiger partial charge >= 0.3 is 6.03 Å². The lowest BCUT2D eigenvalue weighted by molar-refractivity contribution is -0.130. The van der Waals surface area contributed by atoms with Crippen molar-refractivity contribution in [2.24, 2.45) is 0 Å². The van der Waals surface area contributed by atoms with E-state index in [1.54, 1.807) is 11.8 Å². The van der Waals surface area contributed by atoms with Gasteiger partial charge < -0.3 is 10.6 Å². The van der Waals surface area contributed by atoms with Gasteiger partial charge in [0.25, 0.3) is 5.91 Å². The van der Waals surface area contributed by atoms with Crippen molar-refractivity contribution in [1.29, 1.82) is 0 Å². The third kappa shape index (κ3) is 4.48. The van der Waals surface area contributed by atoms with E-state index < -0.39 is 12.1 Å². The summed E-state index contributed by atoms with van der Waals surface area (Å²) in [6, 6.07) is 4.67. The molecule has 1 heterocycles. The summed E-state index contributed by atoms with van der Waals surface area (Å²) in [7, 11) is 0. The van der Waals surface area contributed by atoms with Crippen molar-refractivity contribution in [2.45, 2.75) is 26.3 Å². The molecule has 1 fully saturated rings. The van der Waals surface area contributed by atoms with Crippen LogP contribution in [0.3, 0.4) is 0 Å². The van der Waals surface area contributed by atoms with Gasteiger partial charge in [0.2, 0.25) is 5.91 Å². The summed E-state index contributed by atoms with van der Waals surface area (Å²) in [5.41, 5.74) is 2.73. The van der Waals surface area contributed by atoms with Crippen molar-refractivity contribution in [3.05, 3.63) is 29.3 Å². The van der Waals surface area contributed by atoms with Crippen molar-refractivity contribution >= 4 is 35.3 Å². The average Bonchev–Trinajstić information content (AvgIpc) is 2.71. The summed E-state index contributed by atoms with van der Waals surface area (Å²) >= 11 is 1.61. The zero-order chi connectivity index (χ0) is 17.0. The summed E-state index contributed by atoms with van der Waals surface area (Å²) in [6.07, 6.45) is 2.51. The number of amides is 4. The Balaban J connectivity index is 1.97. The quantitative estimate of drug-likeness (QED) is 0.779. The monoisotopic (exact) mass is 335 g/mol. The largest absolute Gasteiger partial charge is 0.326 e. The first kappa shape index (κ1) is 17.3. The zero-order valence-corrected chi connectivity index (χ0v) is 14.3. The van der Waals surface area contributed by atoms with Crippen molar-refractivity contribution in [3.8, 4) is 0 Å². The molecule has 1 aromatic rings. The highest BCUT2D eigenvalue weighted by molar-refractivity contribution is 7.98. The van der Waals surface area contributed by atoms with Crippen LogP contribution in [0.2, 0.25) is 0 Å². The minimum atomic E-state index is -0.524. The van der Waals surface area contributed by atoms with Crippen molar-refractivity contribution in [2.75, 3.05) is 23.9 Å². The minimum Gasteiger partial charge on any atom is -0.326 e. The molecule has 1 unspecified atom stereocenters. The van der Waals surface area contributed by atoms with E-state index >= 15 is 0 Å². The van der Waals surface area contributed by atoms with Gasteiger partial charge in [-0.15, -0.1) is 0 Å². The smallest absolute Gasteiger partial charge is 0.325 e. The standard InChI is InChI=1S/C16H21N3O3S/c1-10-6-11(2)8-12(7-10)17-14(20)9-19-15(21)13(4-5-23-3)18-16(19)22/h6-8,13H,4-5,9H2,1-3H3,(H,17,20)(H,18,22). The average molecular weight is 335 g/mol. The van der Waals surface area contributed by atoms with Gasteiger partial charge in [-0.05, 0) is 55.5 Å². The second kappa shape index (κ2) is 7.50. The molecule has 23 heavy (non-hydrogen) atoms. The number of rotatable bonds is 6. The Labute approximate surface area is 140 Å². The molecule has 0 spiro atoms. The third-order valence-corrected chi connectivity index (χ3v) is 4.17. The maximum Gasteiger partial charge on any atom is 0.325 e. The van der Waals surface area contributed by atoms with Crippen LogP contribution in [-0.2, 0) is 9.59 Å². The Morgan fingerprint density at radius 1 is 1.26 bits per heavy atom. The Morgan fingerprint density at radius 2 is 1.91 bits per heavy atom. The maximum absolute atomic E-state index is 12.2. The van der Waals surface area contributed by atoms with E-state index in [2.05, 4.69) is 10.6 Å². The number of anilines is 1. The molecular weight excluding hydrogens is 314 g/mol. The predicted molar refractivity (Wildman–Crippen MR) is 91.6 cm³/mol. The number of nitrogens with one attached hydrogen (secondary N) is 2. The van der Waals surface area contributed by atoms with Crippen molar-refractivity contribution < 1.29 is 14.4 Å². The Hall–Kier alpha value is -2.02. The van der Waals surface area contributed by atoms with Crippen LogP contribution >= 0.6 is 11.8 Å². The number of urea groups is 1. The molecule has 0 aromatic heterocycles. The molecule has 0 aliphatic carbocycles. The van der Waals surface area contributed by atoms with Gasteiger partial charge in [-0.3, -0.25) is 14.5 Å². The fraction of sp³-hybridized carbons (Fsp3) is 0.438. The van der Waals surface area contributed by atoms with Gasteiger partial charge in [0.05, 0.1) is 0 Å². The van der Waals surface area contributed by atoms with E-state index in [0.717, 1.165) is 21.8 Å². The molecule has 0 bridgehead atoms. The van der Waals surface area contributed by atoms with Crippen LogP contribution in [0, 0.1) is 13.8 Å². The topological polar surface area (TPSA) is 78.5 Å². The van der Waals surface area contributed by atoms with Gasteiger partial charge in [0.15, 0.2) is 0 Å². The number of nitrogens with zero attached hydrogens (tertiary/aromatic N) is 1. The SMILES string of the molecule is CSCCC1NC(=O)N(CC(=O)Nc2cc(C)cc(C)c2)C1=O. The number of aryl methyl sites for hydroxylation is 2. The number of carbonyl (C=O) groups is 3. The van der Waals surface area contributed by atoms with Gasteiger partial charge in [0.1, 0.15) is 12.6 Å². The lowest BCUT2D eigenvalue weighted by atomic mass is 10.1. The summed E-state index contributed by atoms with van der Waals surface area (Å²) in [5, 5.41) is 5.35. The molecule has 2 N–H and O–H groups in total. The van der Waals surface area contributed by atoms with Crippen LogP contribution in [0.15, 0.2) is 18.2 Å². The van der Waals surface area contributed by atoms with Crippen molar-refractivity contribution in [3.63, 3.8) is 0 Å². The predicted octanol–water partition coefficient (Wildman–Crippen LogP) is 1.92. The number of carbonyl (C=O) groups excluding carboxylic acids is 3. The highest BCUT2D eigenvalue weighted by Crippen LogP contribution is 2.15. The second-order valence-electron chi connectivity index (χ2n) is 5.63. The number of hydrogen-bond acceptors (Lipinski definition) is 4. The van der Waals surface area contributed by atoms with Crippen LogP contribution in [-0.4, -0.2) is 47.3 Å². The summed E-state index contributed by atoms with van der Waals surface area (Å²) < 4.78 is 0. The van der Waals surface area contributed by atoms with E-state index in [9.17, 15) is 14.4 Å². The summed E-state index contributed by atoms with van der Waals surface area (Å²) in [4.78, 5) is 37.1. The molecule has 6 nitrogen and oxygen atoms in total. The Kier molecular flexibility index (Phi) is 5.65. The highest BCUT2D eigenvalue weighted by atomic mass is 32.2. The normalized spacial score (nSPS) is 17.3. The molecule has 0 radical (unpaired) electrons. The minimum absolute atomic E-state index is 0.270. The molecule has 124 valence electrons. The number of thioether (sulfide) groups is 1. The number of benzene rings is 1. The molecule has 4 amide bonds. The summed E-state index contributed by atoms with van der Waals surface area (Å²) in [6.45, 7) is 3.61. The first-order valence-electron chi connectivity index (χ1n) is 7.39. The van der Waals surface area contributed by atoms with Crippen LogP contribution < -0.4 is 10.6 Å². The van der Waals surface area contributed by atoms with Gasteiger partial charge in [-0.1, -0.05) is 6.07 Å². The van der Waals surface area contributed by atoms with Crippen LogP contribution in [0.1, 0.15) is 17.5 Å². The molecule has 1 aliphatic heterocycles. The number of hydrogen-bond donors (Lipinski definition) is 2. The lowest BCUT2D eigenvalue weighted by Crippen LogP contribution is -2.38. The lowest BCUT2D eigenvalue weighted by Gasteiger charge is -2.13. The molecule has 2 rings (SSSR count). The summed E-state index contributed by atoms with van der Waals surface area (Å²) in [5.74, 6) is 0.0582. The maximum atomic E-state index is 12.2. The second-order valence-corrected chi connectivity index (χ2v) is 6.62. The van der Waals surface area contributed by atoms with Gasteiger partial charge in [-0.25, -0.2) is 4.79 Å². The Morgan fingerprint density at radius 3 is 2.52 bits per heavy atom. The first-order chi connectivity index (χ1) is 10.9. The fourth-order valence-corrected chi connectivity index (χ4v) is 3.02. The van der Waals surface area contributed by atoms with E-state index in [1.165, 1.54) is 0 Å². The first-order valence-corrected chi connectivity index (χ1v) is 8.79. The van der Waals surface area contributed by atoms with Gasteiger partial charge in [-0.2, -0.15) is 11.8 Å². The molecular formula is C16H21N3O3S. The fourth-order valence-electron chi connectivity index (χ4n) is 2.55. The highest BCUT2D eigenvalue weighted by Gasteiger charge is 2.38. The molecule has 1 aliphatic rings. The van der Waals surface area contributed by atoms with Gasteiger partial charge in [0, 0.05) is 5.69 Å². The van der Waals surface area contributed by atoms with Crippen LogP contribution in [0.25, 0.3) is 0 Å². The van der Waals surface area contributed by atoms with Crippen LogP contribution in [0.5, 0.6) is 0 Å². The molecule has 0 saturated carbocycles. The van der Waals surface area contributed by atoms with Crippen molar-refractivity contribution in [1.82, 2.24) is 10.2 Å². The molecule has 1 atom stereocenters. The van der Waals surface area contributed by atoms with E-state index in [0.29, 0.717) is 12.1 Å². The van der Waals surface area contributed by atoms with Crippen LogP contribution in [0.4, 0.5) is 10.5 Å². The third-order valence-electron chi connectivity index (χ3n) is 3.52. The van der Waals surface area contributed by atoms with E-state index in [1.807, 2.05) is 38.3 Å². The molecule has 1 aromatic carbocycles. The molecule has 7 heteroatoms. The van der Waals surface area contributed by atoms with E-state index in [4.69, 9.17) is 0 Å². The Bertz CT molecular complexity index is 613. The number of imide groups is 1. The zero-order valence-electron chi connectivity index (χ0n) is 13.5. The van der Waals surface area contributed by atoms with E-state index in [-0.39, 0.29) is 18.4 Å². The molecule has 1 saturated heterocycles.